The van der Waals surface area contributed by atoms with Gasteiger partial charge >= 0.3 is 0 Å². The quantitative estimate of drug-likeness (QED) is 0.680. The van der Waals surface area contributed by atoms with Crippen LogP contribution in [0.5, 0.6) is 23.0 Å². The van der Waals surface area contributed by atoms with E-state index in [-0.39, 0.29) is 30.7 Å². The highest BCUT2D eigenvalue weighted by Gasteiger charge is 2.34. The zero-order chi connectivity index (χ0) is 21.4. The SMILES string of the molecule is N#CC1=C(N)Oc2cc3c(cc2[C@H]1c1ccccc1OCc1cccc(F)c1)OCO3. The zero-order valence-electron chi connectivity index (χ0n) is 16.3. The minimum Gasteiger partial charge on any atom is -0.489 e. The van der Waals surface area contributed by atoms with E-state index in [9.17, 15) is 9.65 Å². The third-order valence-corrected chi connectivity index (χ3v) is 5.22. The lowest BCUT2D eigenvalue weighted by Gasteiger charge is -2.28. The summed E-state index contributed by atoms with van der Waals surface area (Å²) in [5.74, 6) is 1.36. The molecule has 2 N–H and O–H groups in total. The Morgan fingerprint density at radius 3 is 2.61 bits per heavy atom. The van der Waals surface area contributed by atoms with Crippen LogP contribution in [-0.4, -0.2) is 6.79 Å². The molecule has 7 heteroatoms. The van der Waals surface area contributed by atoms with Crippen molar-refractivity contribution in [2.45, 2.75) is 12.5 Å². The van der Waals surface area contributed by atoms with Crippen molar-refractivity contribution in [2.24, 2.45) is 5.73 Å². The normalized spacial score (nSPS) is 16.3. The molecule has 0 aliphatic carbocycles. The maximum Gasteiger partial charge on any atom is 0.231 e. The van der Waals surface area contributed by atoms with Crippen LogP contribution in [0.2, 0.25) is 0 Å². The smallest absolute Gasteiger partial charge is 0.231 e. The predicted octanol–water partition coefficient (Wildman–Crippen LogP) is 4.35. The molecule has 6 nitrogen and oxygen atoms in total. The summed E-state index contributed by atoms with van der Waals surface area (Å²) >= 11 is 0. The van der Waals surface area contributed by atoms with Gasteiger partial charge in [-0.1, -0.05) is 30.3 Å². The molecule has 0 spiro atoms. The highest BCUT2D eigenvalue weighted by Crippen LogP contribution is 2.49. The molecular formula is C24H17FN2O4. The number of nitrogens with two attached hydrogens (primary N) is 1. The van der Waals surface area contributed by atoms with E-state index in [1.807, 2.05) is 24.3 Å². The Morgan fingerprint density at radius 1 is 1.00 bits per heavy atom. The molecule has 2 heterocycles. The molecule has 0 unspecified atom stereocenters. The van der Waals surface area contributed by atoms with Gasteiger partial charge in [0.25, 0.3) is 0 Å². The van der Waals surface area contributed by atoms with Crippen LogP contribution in [0.1, 0.15) is 22.6 Å². The molecule has 0 bridgehead atoms. The number of halogens is 1. The summed E-state index contributed by atoms with van der Waals surface area (Å²) in [6, 6.07) is 19.3. The van der Waals surface area contributed by atoms with Gasteiger partial charge in [-0.05, 0) is 29.8 Å². The number of nitrogens with zero attached hydrogens (tertiary/aromatic N) is 1. The van der Waals surface area contributed by atoms with Crippen LogP contribution in [-0.2, 0) is 6.61 Å². The number of hydrogen-bond acceptors (Lipinski definition) is 6. The van der Waals surface area contributed by atoms with E-state index in [2.05, 4.69) is 6.07 Å². The predicted molar refractivity (Wildman–Crippen MR) is 109 cm³/mol. The molecular weight excluding hydrogens is 399 g/mol. The summed E-state index contributed by atoms with van der Waals surface area (Å²) in [5.41, 5.74) is 8.51. The second-order valence-corrected chi connectivity index (χ2v) is 7.12. The number of ether oxygens (including phenoxy) is 4. The average molecular weight is 416 g/mol. The number of rotatable bonds is 4. The van der Waals surface area contributed by atoms with E-state index in [0.29, 0.717) is 28.6 Å². The summed E-state index contributed by atoms with van der Waals surface area (Å²) in [7, 11) is 0. The molecule has 0 fully saturated rings. The topological polar surface area (TPSA) is 86.7 Å². The summed E-state index contributed by atoms with van der Waals surface area (Å²) < 4.78 is 36.2. The molecule has 31 heavy (non-hydrogen) atoms. The fourth-order valence-electron chi connectivity index (χ4n) is 3.81. The van der Waals surface area contributed by atoms with Crippen molar-refractivity contribution in [3.8, 4) is 29.1 Å². The second-order valence-electron chi connectivity index (χ2n) is 7.12. The van der Waals surface area contributed by atoms with Gasteiger partial charge in [0.15, 0.2) is 11.5 Å². The van der Waals surface area contributed by atoms with E-state index < -0.39 is 5.92 Å². The van der Waals surface area contributed by atoms with Gasteiger partial charge in [-0.3, -0.25) is 0 Å². The zero-order valence-corrected chi connectivity index (χ0v) is 16.3. The first-order chi connectivity index (χ1) is 15.1. The number of allylic oxidation sites excluding steroid dienone is 1. The van der Waals surface area contributed by atoms with E-state index in [0.717, 1.165) is 11.1 Å². The lowest BCUT2D eigenvalue weighted by molar-refractivity contribution is 0.174. The van der Waals surface area contributed by atoms with Gasteiger partial charge in [-0.15, -0.1) is 0 Å². The molecule has 154 valence electrons. The maximum atomic E-state index is 13.5. The molecule has 0 radical (unpaired) electrons. The van der Waals surface area contributed by atoms with Crippen molar-refractivity contribution in [3.05, 3.63) is 94.6 Å². The van der Waals surface area contributed by atoms with E-state index >= 15 is 0 Å². The van der Waals surface area contributed by atoms with Crippen molar-refractivity contribution < 1.29 is 23.3 Å². The Labute approximate surface area is 177 Å². The molecule has 0 saturated heterocycles. The van der Waals surface area contributed by atoms with E-state index in [4.69, 9.17) is 24.7 Å². The molecule has 3 aromatic carbocycles. The van der Waals surface area contributed by atoms with Gasteiger partial charge in [-0.25, -0.2) is 4.39 Å². The number of nitriles is 1. The van der Waals surface area contributed by atoms with Crippen LogP contribution >= 0.6 is 0 Å². The Balaban J connectivity index is 1.57. The van der Waals surface area contributed by atoms with Crippen molar-refractivity contribution in [2.75, 3.05) is 6.79 Å². The Bertz CT molecular complexity index is 1250. The van der Waals surface area contributed by atoms with Crippen LogP contribution in [0, 0.1) is 17.1 Å². The number of para-hydroxylation sites is 1. The Kier molecular flexibility index (Phi) is 4.60. The largest absolute Gasteiger partial charge is 0.489 e. The van der Waals surface area contributed by atoms with Crippen LogP contribution in [0.3, 0.4) is 0 Å². The fraction of sp³-hybridized carbons (Fsp3) is 0.125. The van der Waals surface area contributed by atoms with Crippen LogP contribution in [0.25, 0.3) is 0 Å². The molecule has 0 saturated carbocycles. The Morgan fingerprint density at radius 2 is 1.81 bits per heavy atom. The first kappa shape index (κ1) is 18.8. The van der Waals surface area contributed by atoms with Crippen molar-refractivity contribution in [3.63, 3.8) is 0 Å². The summed E-state index contributed by atoms with van der Waals surface area (Å²) in [6.45, 7) is 0.289. The lowest BCUT2D eigenvalue weighted by atomic mass is 9.83. The van der Waals surface area contributed by atoms with E-state index in [1.165, 1.54) is 12.1 Å². The number of hydrogen-bond donors (Lipinski definition) is 1. The average Bonchev–Trinajstić information content (AvgIpc) is 3.23. The highest BCUT2D eigenvalue weighted by molar-refractivity contribution is 5.63. The van der Waals surface area contributed by atoms with Gasteiger partial charge in [0.05, 0.1) is 5.92 Å². The first-order valence-electron chi connectivity index (χ1n) is 9.61. The molecule has 0 amide bonds. The maximum absolute atomic E-state index is 13.5. The first-order valence-corrected chi connectivity index (χ1v) is 9.61. The van der Waals surface area contributed by atoms with Gasteiger partial charge in [0.1, 0.15) is 35.6 Å². The van der Waals surface area contributed by atoms with Gasteiger partial charge in [-0.2, -0.15) is 5.26 Å². The molecule has 1 atom stereocenters. The Hall–Kier alpha value is -4.18. The molecule has 5 rings (SSSR count). The van der Waals surface area contributed by atoms with Gasteiger partial charge < -0.3 is 24.7 Å². The van der Waals surface area contributed by atoms with Crippen LogP contribution in [0.4, 0.5) is 4.39 Å². The number of fused-ring (bicyclic) bond motifs is 2. The summed E-state index contributed by atoms with van der Waals surface area (Å²) in [5, 5.41) is 9.84. The van der Waals surface area contributed by atoms with E-state index in [1.54, 1.807) is 24.3 Å². The highest BCUT2D eigenvalue weighted by atomic mass is 19.1. The fourth-order valence-corrected chi connectivity index (χ4v) is 3.81. The van der Waals surface area contributed by atoms with Gasteiger partial charge in [0.2, 0.25) is 12.7 Å². The molecule has 0 aromatic heterocycles. The van der Waals surface area contributed by atoms with Gasteiger partial charge in [0, 0.05) is 17.2 Å². The third-order valence-electron chi connectivity index (χ3n) is 5.22. The van der Waals surface area contributed by atoms with Crippen molar-refractivity contribution in [1.29, 1.82) is 5.26 Å². The molecule has 2 aliphatic rings. The molecule has 3 aromatic rings. The third kappa shape index (κ3) is 3.38. The number of benzene rings is 3. The second kappa shape index (κ2) is 7.58. The minimum atomic E-state index is -0.521. The monoisotopic (exact) mass is 416 g/mol. The molecule has 2 aliphatic heterocycles. The summed E-state index contributed by atoms with van der Waals surface area (Å²) in [6.07, 6.45) is 0. The standard InChI is InChI=1S/C24H17FN2O4/c25-15-5-3-4-14(8-15)12-28-19-7-2-1-6-16(19)23-17-9-21-22(30-13-29-21)10-20(17)31-24(27)18(23)11-26/h1-10,23H,12-13,27H2/t23-/m1/s1. The van der Waals surface area contributed by atoms with Crippen LogP contribution in [0.15, 0.2) is 72.1 Å². The lowest BCUT2D eigenvalue weighted by Crippen LogP contribution is -2.21. The van der Waals surface area contributed by atoms with Crippen molar-refractivity contribution >= 4 is 0 Å². The minimum absolute atomic E-state index is 0.0267. The van der Waals surface area contributed by atoms with Crippen molar-refractivity contribution in [1.82, 2.24) is 0 Å². The van der Waals surface area contributed by atoms with Crippen LogP contribution < -0.4 is 24.7 Å². The summed E-state index contributed by atoms with van der Waals surface area (Å²) in [4.78, 5) is 0.